The third-order valence-electron chi connectivity index (χ3n) is 2.76. The summed E-state index contributed by atoms with van der Waals surface area (Å²) in [4.78, 5) is 2.53. The van der Waals surface area contributed by atoms with Gasteiger partial charge in [0.15, 0.2) is 0 Å². The van der Waals surface area contributed by atoms with E-state index >= 15 is 0 Å². The zero-order chi connectivity index (χ0) is 11.1. The van der Waals surface area contributed by atoms with E-state index in [0.29, 0.717) is 11.3 Å². The first kappa shape index (κ1) is 12.9. The number of thioether (sulfide) groups is 1. The van der Waals surface area contributed by atoms with Crippen LogP contribution in [-0.2, 0) is 0 Å². The van der Waals surface area contributed by atoms with Crippen LogP contribution in [0.4, 0.5) is 0 Å². The van der Waals surface area contributed by atoms with E-state index in [4.69, 9.17) is 6.42 Å². The molecule has 1 heterocycles. The number of nitrogens with one attached hydrogen (secondary N) is 1. The van der Waals surface area contributed by atoms with E-state index in [0.717, 1.165) is 13.1 Å². The van der Waals surface area contributed by atoms with Gasteiger partial charge in [-0.05, 0) is 13.0 Å². The summed E-state index contributed by atoms with van der Waals surface area (Å²) >= 11 is 2.09. The molecule has 0 amide bonds. The predicted molar refractivity (Wildman–Crippen MR) is 69.3 cm³/mol. The van der Waals surface area contributed by atoms with Gasteiger partial charge < -0.3 is 10.2 Å². The minimum Gasteiger partial charge on any atom is -0.305 e. The lowest BCUT2D eigenvalue weighted by molar-refractivity contribution is 0.285. The fraction of sp³-hybridized carbons (Fsp3) is 0.833. The molecule has 0 unspecified atom stereocenters. The Morgan fingerprint density at radius 2 is 2.27 bits per heavy atom. The highest BCUT2D eigenvalue weighted by Gasteiger charge is 2.22. The number of hydrogen-bond acceptors (Lipinski definition) is 3. The van der Waals surface area contributed by atoms with Crippen LogP contribution in [0, 0.1) is 12.3 Å². The highest BCUT2D eigenvalue weighted by molar-refractivity contribution is 8.00. The van der Waals surface area contributed by atoms with Gasteiger partial charge in [-0.15, -0.1) is 6.42 Å². The number of hydrogen-bond donors (Lipinski definition) is 1. The number of terminal acetylenes is 1. The summed E-state index contributed by atoms with van der Waals surface area (Å²) in [5, 5.41) is 3.24. The van der Waals surface area contributed by atoms with Crippen LogP contribution in [0.15, 0.2) is 0 Å². The lowest BCUT2D eigenvalue weighted by Gasteiger charge is -2.22. The molecule has 1 aliphatic rings. The lowest BCUT2D eigenvalue weighted by atomic mass is 10.1. The quantitative estimate of drug-likeness (QED) is 0.577. The molecule has 3 heteroatoms. The molecule has 1 saturated heterocycles. The van der Waals surface area contributed by atoms with E-state index in [1.54, 1.807) is 0 Å². The Labute approximate surface area is 98.2 Å². The van der Waals surface area contributed by atoms with Gasteiger partial charge in [-0.25, -0.2) is 0 Å². The molecule has 0 radical (unpaired) electrons. The number of rotatable bonds is 4. The molecule has 15 heavy (non-hydrogen) atoms. The zero-order valence-electron chi connectivity index (χ0n) is 9.88. The summed E-state index contributed by atoms with van der Waals surface area (Å²) in [6.45, 7) is 9.95. The second kappa shape index (κ2) is 6.42. The topological polar surface area (TPSA) is 15.3 Å². The molecule has 1 N–H and O–H groups in total. The Bertz CT molecular complexity index is 220. The molecule has 0 aromatic heterocycles. The normalized spacial score (nSPS) is 21.9. The molecular weight excluding hydrogens is 204 g/mol. The highest BCUT2D eigenvalue weighted by Crippen LogP contribution is 2.30. The maximum Gasteiger partial charge on any atom is 0.0574 e. The molecule has 0 aromatic carbocycles. The maximum atomic E-state index is 5.18. The Balaban J connectivity index is 2.18. The summed E-state index contributed by atoms with van der Waals surface area (Å²) in [6.07, 6.45) is 6.46. The van der Waals surface area contributed by atoms with Crippen molar-refractivity contribution in [3.63, 3.8) is 0 Å². The van der Waals surface area contributed by atoms with Crippen LogP contribution in [0.25, 0.3) is 0 Å². The lowest BCUT2D eigenvalue weighted by Crippen LogP contribution is -2.34. The fourth-order valence-corrected chi connectivity index (χ4v) is 2.82. The number of nitrogens with zero attached hydrogens (tertiary/aromatic N) is 1. The van der Waals surface area contributed by atoms with Crippen LogP contribution in [-0.4, -0.2) is 48.1 Å². The summed E-state index contributed by atoms with van der Waals surface area (Å²) < 4.78 is 0.459. The maximum absolute atomic E-state index is 5.18. The van der Waals surface area contributed by atoms with E-state index in [1.807, 2.05) is 0 Å². The standard InChI is InChI=1S/C12H22N2S/c1-4-6-13-7-9-14-8-5-12(2,3)15-11-10-14/h1,13H,5-11H2,2-3H3. The van der Waals surface area contributed by atoms with E-state index < -0.39 is 0 Å². The Morgan fingerprint density at radius 3 is 3.00 bits per heavy atom. The van der Waals surface area contributed by atoms with Gasteiger partial charge >= 0.3 is 0 Å². The van der Waals surface area contributed by atoms with Crippen molar-refractivity contribution in [3.05, 3.63) is 0 Å². The first-order valence-corrected chi connectivity index (χ1v) is 6.63. The largest absolute Gasteiger partial charge is 0.305 e. The Hall–Kier alpha value is -0.170. The van der Waals surface area contributed by atoms with Gasteiger partial charge in [0.2, 0.25) is 0 Å². The molecule has 0 aromatic rings. The van der Waals surface area contributed by atoms with Crippen LogP contribution < -0.4 is 5.32 Å². The van der Waals surface area contributed by atoms with Crippen LogP contribution >= 0.6 is 11.8 Å². The summed E-state index contributed by atoms with van der Waals surface area (Å²) in [7, 11) is 0. The van der Waals surface area contributed by atoms with Gasteiger partial charge in [0.25, 0.3) is 0 Å². The van der Waals surface area contributed by atoms with Crippen molar-refractivity contribution >= 4 is 11.8 Å². The van der Waals surface area contributed by atoms with Crippen molar-refractivity contribution < 1.29 is 0 Å². The first-order chi connectivity index (χ1) is 7.14. The second-order valence-corrected chi connectivity index (χ2v) is 6.38. The molecular formula is C12H22N2S. The zero-order valence-corrected chi connectivity index (χ0v) is 10.7. The molecule has 0 saturated carbocycles. The van der Waals surface area contributed by atoms with Gasteiger partial charge in [0.1, 0.15) is 0 Å². The van der Waals surface area contributed by atoms with Gasteiger partial charge in [-0.1, -0.05) is 19.8 Å². The summed E-state index contributed by atoms with van der Waals surface area (Å²) in [6, 6.07) is 0. The molecule has 1 aliphatic heterocycles. The SMILES string of the molecule is C#CCNCCN1CCSC(C)(C)CC1. The summed E-state index contributed by atoms with van der Waals surface area (Å²) in [5.74, 6) is 3.85. The minimum atomic E-state index is 0.459. The van der Waals surface area contributed by atoms with Crippen molar-refractivity contribution in [2.75, 3.05) is 38.5 Å². The van der Waals surface area contributed by atoms with Gasteiger partial charge in [0, 0.05) is 30.1 Å². The molecule has 86 valence electrons. The van der Waals surface area contributed by atoms with Crippen LogP contribution in [0.2, 0.25) is 0 Å². The van der Waals surface area contributed by atoms with Crippen LogP contribution in [0.1, 0.15) is 20.3 Å². The third kappa shape index (κ3) is 5.46. The van der Waals surface area contributed by atoms with Gasteiger partial charge in [-0.2, -0.15) is 11.8 Å². The van der Waals surface area contributed by atoms with Crippen molar-refractivity contribution in [2.24, 2.45) is 0 Å². The third-order valence-corrected chi connectivity index (χ3v) is 4.13. The highest BCUT2D eigenvalue weighted by atomic mass is 32.2. The second-order valence-electron chi connectivity index (χ2n) is 4.58. The van der Waals surface area contributed by atoms with Crippen molar-refractivity contribution in [1.82, 2.24) is 10.2 Å². The minimum absolute atomic E-state index is 0.459. The van der Waals surface area contributed by atoms with Crippen molar-refractivity contribution in [3.8, 4) is 12.3 Å². The molecule has 0 atom stereocenters. The van der Waals surface area contributed by atoms with E-state index in [2.05, 4.69) is 41.7 Å². The van der Waals surface area contributed by atoms with Gasteiger partial charge in [0.05, 0.1) is 6.54 Å². The van der Waals surface area contributed by atoms with Crippen LogP contribution in [0.5, 0.6) is 0 Å². The van der Waals surface area contributed by atoms with Crippen LogP contribution in [0.3, 0.4) is 0 Å². The van der Waals surface area contributed by atoms with E-state index in [9.17, 15) is 0 Å². The molecule has 1 rings (SSSR count). The molecule has 0 spiro atoms. The fourth-order valence-electron chi connectivity index (χ4n) is 1.68. The molecule has 2 nitrogen and oxygen atoms in total. The summed E-state index contributed by atoms with van der Waals surface area (Å²) in [5.41, 5.74) is 0. The van der Waals surface area contributed by atoms with E-state index in [1.165, 1.54) is 25.3 Å². The first-order valence-electron chi connectivity index (χ1n) is 5.64. The smallest absolute Gasteiger partial charge is 0.0574 e. The molecule has 1 fully saturated rings. The average Bonchev–Trinajstić information content (AvgIpc) is 2.35. The Kier molecular flexibility index (Phi) is 5.52. The van der Waals surface area contributed by atoms with Crippen molar-refractivity contribution in [1.29, 1.82) is 0 Å². The molecule has 0 aliphatic carbocycles. The van der Waals surface area contributed by atoms with Gasteiger partial charge in [-0.3, -0.25) is 0 Å². The van der Waals surface area contributed by atoms with Crippen molar-refractivity contribution in [2.45, 2.75) is 25.0 Å². The average molecular weight is 226 g/mol. The predicted octanol–water partition coefficient (Wildman–Crippen LogP) is 1.43. The monoisotopic (exact) mass is 226 g/mol. The molecule has 0 bridgehead atoms. The Morgan fingerprint density at radius 1 is 1.47 bits per heavy atom. The van der Waals surface area contributed by atoms with E-state index in [-0.39, 0.29) is 0 Å².